The number of carbonyl (C=O) groups is 1. The third-order valence-corrected chi connectivity index (χ3v) is 6.67. The van der Waals surface area contributed by atoms with Crippen molar-refractivity contribution in [2.24, 2.45) is 0 Å². The second kappa shape index (κ2) is 8.79. The summed E-state index contributed by atoms with van der Waals surface area (Å²) in [6.45, 7) is 1.80. The van der Waals surface area contributed by atoms with E-state index in [1.54, 1.807) is 32.4 Å². The fraction of sp³-hybridized carbons (Fsp3) is 0.480. The Morgan fingerprint density at radius 2 is 1.87 bits per heavy atom. The lowest BCUT2D eigenvalue weighted by Gasteiger charge is -2.43. The minimum absolute atomic E-state index is 0.0234. The lowest BCUT2D eigenvalue weighted by Crippen LogP contribution is -2.51. The first-order chi connectivity index (χ1) is 14.9. The van der Waals surface area contributed by atoms with Crippen LogP contribution < -0.4 is 14.2 Å². The molecule has 6 heteroatoms. The molecular formula is C25H32N2O4. The first-order valence-electron chi connectivity index (χ1n) is 10.9. The molecule has 0 radical (unpaired) electrons. The van der Waals surface area contributed by atoms with Gasteiger partial charge < -0.3 is 19.1 Å². The van der Waals surface area contributed by atoms with Crippen LogP contribution in [-0.4, -0.2) is 62.2 Å². The summed E-state index contributed by atoms with van der Waals surface area (Å²) in [6.07, 6.45) is 3.68. The van der Waals surface area contributed by atoms with Crippen LogP contribution in [-0.2, 0) is 6.54 Å². The van der Waals surface area contributed by atoms with E-state index in [4.69, 9.17) is 14.2 Å². The Morgan fingerprint density at radius 1 is 1.13 bits per heavy atom. The Bertz CT molecular complexity index is 937. The van der Waals surface area contributed by atoms with E-state index < -0.39 is 0 Å². The number of methoxy groups -OCH3 is 2. The van der Waals surface area contributed by atoms with Gasteiger partial charge in [-0.25, -0.2) is 0 Å². The second-order valence-electron chi connectivity index (χ2n) is 8.78. The number of fused-ring (bicyclic) bond motifs is 1. The zero-order valence-electron chi connectivity index (χ0n) is 18.9. The number of benzene rings is 2. The van der Waals surface area contributed by atoms with E-state index in [1.807, 2.05) is 18.0 Å². The molecule has 0 N–H and O–H groups in total. The molecule has 0 saturated heterocycles. The van der Waals surface area contributed by atoms with Gasteiger partial charge in [-0.15, -0.1) is 0 Å². The summed E-state index contributed by atoms with van der Waals surface area (Å²) in [5.41, 5.74) is 1.60. The highest BCUT2D eigenvalue weighted by Crippen LogP contribution is 2.39. The average molecular weight is 425 g/mol. The topological polar surface area (TPSA) is 51.2 Å². The van der Waals surface area contributed by atoms with Gasteiger partial charge in [0.2, 0.25) is 0 Å². The van der Waals surface area contributed by atoms with Crippen LogP contribution in [0.25, 0.3) is 0 Å². The molecule has 1 spiro atoms. The van der Waals surface area contributed by atoms with Crippen LogP contribution in [0.4, 0.5) is 0 Å². The summed E-state index contributed by atoms with van der Waals surface area (Å²) >= 11 is 0. The quantitative estimate of drug-likeness (QED) is 0.743. The zero-order valence-corrected chi connectivity index (χ0v) is 18.9. The molecule has 1 heterocycles. The average Bonchev–Trinajstić information content (AvgIpc) is 2.93. The molecular weight excluding hydrogens is 392 g/mol. The largest absolute Gasteiger partial charge is 0.497 e. The monoisotopic (exact) mass is 424 g/mol. The smallest absolute Gasteiger partial charge is 0.257 e. The van der Waals surface area contributed by atoms with E-state index in [1.165, 1.54) is 5.56 Å². The standard InChI is InChI=1S/C25H32N2O4/c1-26-16-18-7-5-6-8-22(18)31-25(17-26)13-11-19(12-14-25)27(2)24(28)21-10-9-20(29-3)15-23(21)30-4/h5-10,15,19H,11-14,16-17H2,1-4H3. The van der Waals surface area contributed by atoms with Crippen LogP contribution >= 0.6 is 0 Å². The Labute approximate surface area is 184 Å². The first kappa shape index (κ1) is 21.5. The first-order valence-corrected chi connectivity index (χ1v) is 10.9. The lowest BCUT2D eigenvalue weighted by molar-refractivity contribution is -0.00846. The van der Waals surface area contributed by atoms with Gasteiger partial charge in [0.25, 0.3) is 5.91 Å². The van der Waals surface area contributed by atoms with Crippen molar-refractivity contribution >= 4 is 5.91 Å². The van der Waals surface area contributed by atoms with Crippen LogP contribution in [0, 0.1) is 0 Å². The minimum atomic E-state index is -0.195. The third kappa shape index (κ3) is 4.35. The van der Waals surface area contributed by atoms with Gasteiger partial charge >= 0.3 is 0 Å². The predicted molar refractivity (Wildman–Crippen MR) is 120 cm³/mol. The van der Waals surface area contributed by atoms with Crippen molar-refractivity contribution in [3.05, 3.63) is 53.6 Å². The maximum atomic E-state index is 13.2. The molecule has 2 aromatic rings. The summed E-state index contributed by atoms with van der Waals surface area (Å²) in [6, 6.07) is 13.8. The highest BCUT2D eigenvalue weighted by atomic mass is 16.5. The fourth-order valence-electron chi connectivity index (χ4n) is 4.95. The molecule has 6 nitrogen and oxygen atoms in total. The van der Waals surface area contributed by atoms with Crippen molar-refractivity contribution in [2.75, 3.05) is 34.9 Å². The number of para-hydroxylation sites is 1. The molecule has 4 rings (SSSR count). The maximum Gasteiger partial charge on any atom is 0.257 e. The van der Waals surface area contributed by atoms with Gasteiger partial charge in [-0.2, -0.15) is 0 Å². The number of likely N-dealkylation sites (N-methyl/N-ethyl adjacent to an activating group) is 1. The van der Waals surface area contributed by atoms with Crippen LogP contribution in [0.15, 0.2) is 42.5 Å². The summed E-state index contributed by atoms with van der Waals surface area (Å²) < 4.78 is 17.3. The number of hydrogen-bond acceptors (Lipinski definition) is 5. The number of amides is 1. The van der Waals surface area contributed by atoms with E-state index in [-0.39, 0.29) is 17.6 Å². The van der Waals surface area contributed by atoms with Gasteiger partial charge in [0.15, 0.2) is 0 Å². The summed E-state index contributed by atoms with van der Waals surface area (Å²) in [4.78, 5) is 17.4. The van der Waals surface area contributed by atoms with E-state index in [2.05, 4.69) is 30.1 Å². The van der Waals surface area contributed by atoms with Gasteiger partial charge in [0.1, 0.15) is 22.8 Å². The Kier molecular flexibility index (Phi) is 6.10. The van der Waals surface area contributed by atoms with Crippen LogP contribution in [0.2, 0.25) is 0 Å². The molecule has 0 aromatic heterocycles. The van der Waals surface area contributed by atoms with Crippen LogP contribution in [0.1, 0.15) is 41.6 Å². The third-order valence-electron chi connectivity index (χ3n) is 6.67. The maximum absolute atomic E-state index is 13.2. The molecule has 1 amide bonds. The Balaban J connectivity index is 1.47. The zero-order chi connectivity index (χ0) is 22.0. The minimum Gasteiger partial charge on any atom is -0.497 e. The van der Waals surface area contributed by atoms with Crippen molar-refractivity contribution in [3.8, 4) is 17.2 Å². The van der Waals surface area contributed by atoms with Crippen molar-refractivity contribution < 1.29 is 19.0 Å². The Morgan fingerprint density at radius 3 is 2.58 bits per heavy atom. The van der Waals surface area contributed by atoms with Crippen molar-refractivity contribution in [2.45, 2.75) is 43.9 Å². The van der Waals surface area contributed by atoms with E-state index in [0.717, 1.165) is 44.5 Å². The normalized spacial score (nSPS) is 23.4. The van der Waals surface area contributed by atoms with E-state index in [0.29, 0.717) is 17.1 Å². The predicted octanol–water partition coefficient (Wildman–Crippen LogP) is 3.98. The van der Waals surface area contributed by atoms with Crippen molar-refractivity contribution in [3.63, 3.8) is 0 Å². The molecule has 166 valence electrons. The van der Waals surface area contributed by atoms with Gasteiger partial charge in [0, 0.05) is 37.8 Å². The van der Waals surface area contributed by atoms with Crippen molar-refractivity contribution in [1.29, 1.82) is 0 Å². The lowest BCUT2D eigenvalue weighted by atomic mass is 9.81. The Hall–Kier alpha value is -2.73. The molecule has 2 aromatic carbocycles. The van der Waals surface area contributed by atoms with Crippen LogP contribution in [0.5, 0.6) is 17.2 Å². The number of ether oxygens (including phenoxy) is 3. The van der Waals surface area contributed by atoms with Gasteiger partial charge in [-0.05, 0) is 50.9 Å². The highest BCUT2D eigenvalue weighted by molar-refractivity contribution is 5.97. The number of rotatable bonds is 4. The fourth-order valence-corrected chi connectivity index (χ4v) is 4.95. The van der Waals surface area contributed by atoms with E-state index >= 15 is 0 Å². The molecule has 1 saturated carbocycles. The molecule has 1 aliphatic heterocycles. The molecule has 0 atom stereocenters. The van der Waals surface area contributed by atoms with Gasteiger partial charge in [0.05, 0.1) is 19.8 Å². The highest BCUT2D eigenvalue weighted by Gasteiger charge is 2.42. The number of nitrogens with zero attached hydrogens (tertiary/aromatic N) is 2. The van der Waals surface area contributed by atoms with Gasteiger partial charge in [-0.1, -0.05) is 18.2 Å². The molecule has 2 aliphatic rings. The second-order valence-corrected chi connectivity index (χ2v) is 8.78. The van der Waals surface area contributed by atoms with Gasteiger partial charge in [-0.3, -0.25) is 9.69 Å². The summed E-state index contributed by atoms with van der Waals surface area (Å²) in [7, 11) is 7.23. The SMILES string of the molecule is COc1ccc(C(=O)N(C)C2CCC3(CC2)CN(C)Cc2ccccc2O3)c(OC)c1. The molecule has 1 aliphatic carbocycles. The van der Waals surface area contributed by atoms with Crippen LogP contribution in [0.3, 0.4) is 0 Å². The molecule has 0 unspecified atom stereocenters. The summed E-state index contributed by atoms with van der Waals surface area (Å²) in [5, 5.41) is 0. The molecule has 1 fully saturated rings. The van der Waals surface area contributed by atoms with E-state index in [9.17, 15) is 4.79 Å². The summed E-state index contributed by atoms with van der Waals surface area (Å²) in [5.74, 6) is 2.18. The molecule has 0 bridgehead atoms. The number of hydrogen-bond donors (Lipinski definition) is 0. The number of carbonyl (C=O) groups excluding carboxylic acids is 1. The molecule has 31 heavy (non-hydrogen) atoms. The van der Waals surface area contributed by atoms with Crippen molar-refractivity contribution in [1.82, 2.24) is 9.80 Å².